The van der Waals surface area contributed by atoms with Gasteiger partial charge in [0.05, 0.1) is 22.4 Å². The summed E-state index contributed by atoms with van der Waals surface area (Å²) in [5.74, 6) is 0.716. The van der Waals surface area contributed by atoms with Gasteiger partial charge in [-0.2, -0.15) is 0 Å². The summed E-state index contributed by atoms with van der Waals surface area (Å²) in [6.45, 7) is 0. The van der Waals surface area contributed by atoms with Crippen molar-refractivity contribution in [3.8, 4) is 61.8 Å². The average molecular weight is 704 g/mol. The maximum atomic E-state index is 5.08. The fourth-order valence-corrected chi connectivity index (χ4v) is 7.85. The Hall–Kier alpha value is -7.10. The highest BCUT2D eigenvalue weighted by Gasteiger charge is 2.16. The van der Waals surface area contributed by atoms with Crippen LogP contribution in [-0.2, 0) is 0 Å². The van der Waals surface area contributed by atoms with Gasteiger partial charge in [-0.15, -0.1) is 0 Å². The van der Waals surface area contributed by atoms with E-state index in [0.717, 1.165) is 57.7 Å². The van der Waals surface area contributed by atoms with Crippen LogP contribution in [0.15, 0.2) is 200 Å². The SMILES string of the molecule is C1=CC(c2ccc3c(c2)c2cc(-c4ccccc4)ccc2n3-c2ccc(-c3cccc(-c4cc(-c5ccccc5)nc(-c5ccccc5)n4)c3)cc2)=CCC1. The van der Waals surface area contributed by atoms with Crippen molar-refractivity contribution in [3.05, 3.63) is 206 Å². The Bertz CT molecular complexity index is 2830. The third-order valence-electron chi connectivity index (χ3n) is 10.6. The first-order chi connectivity index (χ1) is 27.2. The maximum Gasteiger partial charge on any atom is 0.160 e. The van der Waals surface area contributed by atoms with Crippen LogP contribution < -0.4 is 0 Å². The zero-order valence-electron chi connectivity index (χ0n) is 30.3. The zero-order valence-corrected chi connectivity index (χ0v) is 30.3. The van der Waals surface area contributed by atoms with E-state index in [4.69, 9.17) is 9.97 Å². The largest absolute Gasteiger partial charge is 0.309 e. The molecule has 3 heteroatoms. The van der Waals surface area contributed by atoms with Gasteiger partial charge in [0.25, 0.3) is 0 Å². The second-order valence-corrected chi connectivity index (χ2v) is 14.1. The van der Waals surface area contributed by atoms with E-state index in [1.807, 2.05) is 24.3 Å². The van der Waals surface area contributed by atoms with Crippen LogP contribution in [0.5, 0.6) is 0 Å². The third-order valence-corrected chi connectivity index (χ3v) is 10.6. The predicted octanol–water partition coefficient (Wildman–Crippen LogP) is 13.6. The number of fused-ring (bicyclic) bond motifs is 3. The van der Waals surface area contributed by atoms with E-state index in [2.05, 4.69) is 181 Å². The van der Waals surface area contributed by atoms with Gasteiger partial charge in [0.1, 0.15) is 0 Å². The molecule has 3 nitrogen and oxygen atoms in total. The molecule has 7 aromatic carbocycles. The second-order valence-electron chi connectivity index (χ2n) is 14.1. The van der Waals surface area contributed by atoms with Crippen molar-refractivity contribution in [1.82, 2.24) is 14.5 Å². The molecule has 0 atom stereocenters. The first-order valence-corrected chi connectivity index (χ1v) is 19.0. The minimum atomic E-state index is 0.716. The van der Waals surface area contributed by atoms with Crippen LogP contribution in [0.4, 0.5) is 0 Å². The monoisotopic (exact) mass is 703 g/mol. The van der Waals surface area contributed by atoms with Crippen molar-refractivity contribution in [3.63, 3.8) is 0 Å². The number of allylic oxidation sites excluding steroid dienone is 4. The van der Waals surface area contributed by atoms with Crippen molar-refractivity contribution in [2.75, 3.05) is 0 Å². The molecule has 1 aliphatic carbocycles. The van der Waals surface area contributed by atoms with Crippen molar-refractivity contribution >= 4 is 27.4 Å². The molecule has 0 saturated heterocycles. The lowest BCUT2D eigenvalue weighted by Gasteiger charge is -2.12. The van der Waals surface area contributed by atoms with Crippen molar-refractivity contribution in [2.45, 2.75) is 12.8 Å². The van der Waals surface area contributed by atoms with Crippen molar-refractivity contribution < 1.29 is 0 Å². The van der Waals surface area contributed by atoms with Gasteiger partial charge >= 0.3 is 0 Å². The molecule has 0 amide bonds. The first kappa shape index (κ1) is 32.5. The fourth-order valence-electron chi connectivity index (χ4n) is 7.85. The van der Waals surface area contributed by atoms with Gasteiger partial charge in [0.15, 0.2) is 5.82 Å². The number of nitrogens with zero attached hydrogens (tertiary/aromatic N) is 3. The Balaban J connectivity index is 1.05. The minimum absolute atomic E-state index is 0.716. The van der Waals surface area contributed by atoms with Gasteiger partial charge in [0, 0.05) is 33.2 Å². The number of hydrogen-bond donors (Lipinski definition) is 0. The fraction of sp³-hybridized carbons (Fsp3) is 0.0385. The van der Waals surface area contributed by atoms with Crippen LogP contribution in [0.1, 0.15) is 18.4 Å². The van der Waals surface area contributed by atoms with Crippen LogP contribution >= 0.6 is 0 Å². The molecule has 55 heavy (non-hydrogen) atoms. The quantitative estimate of drug-likeness (QED) is 0.165. The standard InChI is InChI=1S/C52H37N3/c1-5-14-36(15-6-1)42-26-30-50-46(33-42)47-34-43(37-16-7-2-8-17-37)27-31-51(47)55(50)45-28-24-38(25-29-45)41-22-13-23-44(32-41)49-35-48(39-18-9-3-10-19-39)53-52(54-49)40-20-11-4-12-21-40/h1,3-7,9-35H,2,8H2. The molecule has 2 heterocycles. The Labute approximate surface area is 321 Å². The van der Waals surface area contributed by atoms with E-state index in [1.165, 1.54) is 44.1 Å². The number of hydrogen-bond acceptors (Lipinski definition) is 2. The Morgan fingerprint density at radius 2 is 0.909 bits per heavy atom. The molecule has 0 N–H and O–H groups in total. The number of aromatic nitrogens is 3. The summed E-state index contributed by atoms with van der Waals surface area (Å²) in [6.07, 6.45) is 9.10. The van der Waals surface area contributed by atoms with Gasteiger partial charge < -0.3 is 4.57 Å². The summed E-state index contributed by atoms with van der Waals surface area (Å²) in [5.41, 5.74) is 15.7. The van der Waals surface area contributed by atoms with E-state index in [9.17, 15) is 0 Å². The van der Waals surface area contributed by atoms with Crippen molar-refractivity contribution in [1.29, 1.82) is 0 Å². The van der Waals surface area contributed by atoms with Crippen LogP contribution in [0.2, 0.25) is 0 Å². The lowest BCUT2D eigenvalue weighted by atomic mass is 9.97. The molecule has 0 bridgehead atoms. The lowest BCUT2D eigenvalue weighted by Crippen LogP contribution is -1.96. The highest BCUT2D eigenvalue weighted by atomic mass is 15.0. The van der Waals surface area contributed by atoms with Gasteiger partial charge in [-0.05, 0) is 94.8 Å². The molecule has 0 spiro atoms. The van der Waals surface area contributed by atoms with E-state index >= 15 is 0 Å². The van der Waals surface area contributed by atoms with Gasteiger partial charge in [-0.1, -0.05) is 152 Å². The molecule has 2 aromatic heterocycles. The topological polar surface area (TPSA) is 30.7 Å². The Morgan fingerprint density at radius 3 is 1.58 bits per heavy atom. The van der Waals surface area contributed by atoms with E-state index < -0.39 is 0 Å². The highest BCUT2D eigenvalue weighted by molar-refractivity contribution is 6.11. The summed E-state index contributed by atoms with van der Waals surface area (Å²) in [6, 6.07) is 64.8. The molecule has 9 aromatic rings. The summed E-state index contributed by atoms with van der Waals surface area (Å²) in [5, 5.41) is 2.52. The molecule has 0 saturated carbocycles. The molecule has 0 radical (unpaired) electrons. The third kappa shape index (κ3) is 6.26. The predicted molar refractivity (Wildman–Crippen MR) is 230 cm³/mol. The smallest absolute Gasteiger partial charge is 0.160 e. The van der Waals surface area contributed by atoms with Crippen LogP contribution in [0, 0.1) is 0 Å². The zero-order chi connectivity index (χ0) is 36.6. The molecule has 0 fully saturated rings. The van der Waals surface area contributed by atoms with Crippen LogP contribution in [0.3, 0.4) is 0 Å². The molecule has 0 aliphatic heterocycles. The summed E-state index contributed by atoms with van der Waals surface area (Å²) >= 11 is 0. The van der Waals surface area contributed by atoms with Crippen molar-refractivity contribution in [2.24, 2.45) is 0 Å². The Kier molecular flexibility index (Phi) is 8.31. The second kappa shape index (κ2) is 14.0. The number of rotatable bonds is 7. The average Bonchev–Trinajstić information content (AvgIpc) is 3.60. The minimum Gasteiger partial charge on any atom is -0.309 e. The van der Waals surface area contributed by atoms with E-state index in [0.29, 0.717) is 5.82 Å². The molecular weight excluding hydrogens is 667 g/mol. The van der Waals surface area contributed by atoms with Gasteiger partial charge in [-0.25, -0.2) is 9.97 Å². The van der Waals surface area contributed by atoms with E-state index in [1.54, 1.807) is 0 Å². The summed E-state index contributed by atoms with van der Waals surface area (Å²) < 4.78 is 2.41. The molecule has 10 rings (SSSR count). The van der Waals surface area contributed by atoms with Crippen LogP contribution in [-0.4, -0.2) is 14.5 Å². The van der Waals surface area contributed by atoms with Gasteiger partial charge in [0.2, 0.25) is 0 Å². The lowest BCUT2D eigenvalue weighted by molar-refractivity contribution is 1.04. The van der Waals surface area contributed by atoms with E-state index in [-0.39, 0.29) is 0 Å². The normalized spacial score (nSPS) is 12.6. The highest BCUT2D eigenvalue weighted by Crippen LogP contribution is 2.38. The van der Waals surface area contributed by atoms with Crippen LogP contribution in [0.25, 0.3) is 89.2 Å². The molecular formula is C52H37N3. The number of benzene rings is 7. The molecule has 0 unspecified atom stereocenters. The maximum absolute atomic E-state index is 5.08. The molecule has 260 valence electrons. The molecule has 1 aliphatic rings. The van der Waals surface area contributed by atoms with Gasteiger partial charge in [-0.3, -0.25) is 0 Å². The Morgan fingerprint density at radius 1 is 0.382 bits per heavy atom. The first-order valence-electron chi connectivity index (χ1n) is 19.0. The summed E-state index contributed by atoms with van der Waals surface area (Å²) in [4.78, 5) is 10.1. The summed E-state index contributed by atoms with van der Waals surface area (Å²) in [7, 11) is 0.